The molecular formula is C23H23N3O6S2. The van der Waals surface area contributed by atoms with Gasteiger partial charge in [0.2, 0.25) is 11.8 Å². The standard InChI is InChI=1S/C23H23N3O6S2/c1-4-30-21(28)18-14(3)19(22(29)31-5-2)34-20(18)24-16(27)13-33-23-26-25-17(32-23)12-11-15-9-7-6-8-10-15/h6-12H,4-5,13H2,1-3H3,(H,24,27). The van der Waals surface area contributed by atoms with Gasteiger partial charge in [0.1, 0.15) is 9.88 Å². The molecule has 9 nitrogen and oxygen atoms in total. The van der Waals surface area contributed by atoms with E-state index in [4.69, 9.17) is 13.9 Å². The third-order valence-electron chi connectivity index (χ3n) is 4.31. The fourth-order valence-corrected chi connectivity index (χ4v) is 4.48. The Balaban J connectivity index is 1.66. The molecule has 1 amide bonds. The first-order valence-electron chi connectivity index (χ1n) is 10.4. The molecule has 3 aromatic rings. The molecule has 0 saturated heterocycles. The van der Waals surface area contributed by atoms with Crippen LogP contribution in [0.1, 0.15) is 50.9 Å². The molecule has 0 aliphatic heterocycles. The molecule has 0 unspecified atom stereocenters. The highest BCUT2D eigenvalue weighted by Gasteiger charge is 2.27. The Morgan fingerprint density at radius 1 is 1.06 bits per heavy atom. The van der Waals surface area contributed by atoms with Crippen LogP contribution in [0.2, 0.25) is 0 Å². The lowest BCUT2D eigenvalue weighted by Gasteiger charge is -2.06. The van der Waals surface area contributed by atoms with Crippen LogP contribution in [0.25, 0.3) is 12.2 Å². The van der Waals surface area contributed by atoms with Gasteiger partial charge in [-0.25, -0.2) is 9.59 Å². The average Bonchev–Trinajstić information content (AvgIpc) is 3.41. The molecule has 11 heteroatoms. The summed E-state index contributed by atoms with van der Waals surface area (Å²) in [7, 11) is 0. The number of carbonyl (C=O) groups is 3. The number of ether oxygens (including phenoxy) is 2. The van der Waals surface area contributed by atoms with Crippen molar-refractivity contribution in [3.05, 3.63) is 57.8 Å². The summed E-state index contributed by atoms with van der Waals surface area (Å²) in [5.74, 6) is -1.33. The van der Waals surface area contributed by atoms with E-state index >= 15 is 0 Å². The Morgan fingerprint density at radius 2 is 1.76 bits per heavy atom. The third kappa shape index (κ3) is 6.55. The molecule has 0 atom stereocenters. The molecule has 178 valence electrons. The van der Waals surface area contributed by atoms with E-state index in [0.29, 0.717) is 11.5 Å². The van der Waals surface area contributed by atoms with Crippen molar-refractivity contribution in [1.29, 1.82) is 0 Å². The normalized spacial score (nSPS) is 10.9. The highest BCUT2D eigenvalue weighted by molar-refractivity contribution is 7.99. The molecule has 0 radical (unpaired) electrons. The number of benzene rings is 1. The summed E-state index contributed by atoms with van der Waals surface area (Å²) in [5, 5.41) is 11.0. The maximum atomic E-state index is 12.6. The number of rotatable bonds is 10. The number of esters is 2. The SMILES string of the molecule is CCOC(=O)c1sc(NC(=O)CSc2nnc(C=Cc3ccccc3)o2)c(C(=O)OCC)c1C. The Morgan fingerprint density at radius 3 is 2.47 bits per heavy atom. The molecule has 3 rings (SSSR count). The second kappa shape index (κ2) is 12.1. The molecule has 0 fully saturated rings. The highest BCUT2D eigenvalue weighted by Crippen LogP contribution is 2.34. The zero-order valence-electron chi connectivity index (χ0n) is 18.8. The minimum Gasteiger partial charge on any atom is -0.462 e. The fraction of sp³-hybridized carbons (Fsp3) is 0.261. The van der Waals surface area contributed by atoms with Gasteiger partial charge in [0, 0.05) is 6.08 Å². The number of hydrogen-bond acceptors (Lipinski definition) is 10. The van der Waals surface area contributed by atoms with Gasteiger partial charge >= 0.3 is 11.9 Å². The number of carbonyl (C=O) groups excluding carboxylic acids is 3. The summed E-state index contributed by atoms with van der Waals surface area (Å²) in [6.07, 6.45) is 3.52. The molecule has 0 aliphatic carbocycles. The molecule has 1 N–H and O–H groups in total. The first-order chi connectivity index (χ1) is 16.4. The van der Waals surface area contributed by atoms with Gasteiger partial charge < -0.3 is 19.2 Å². The maximum absolute atomic E-state index is 12.6. The Kier molecular flexibility index (Phi) is 9.00. The van der Waals surface area contributed by atoms with Crippen LogP contribution in [0, 0.1) is 6.92 Å². The Labute approximate surface area is 204 Å². The van der Waals surface area contributed by atoms with Crippen LogP contribution < -0.4 is 5.32 Å². The second-order valence-electron chi connectivity index (χ2n) is 6.69. The third-order valence-corrected chi connectivity index (χ3v) is 6.31. The molecule has 0 spiro atoms. The molecule has 0 aliphatic rings. The van der Waals surface area contributed by atoms with E-state index < -0.39 is 17.8 Å². The van der Waals surface area contributed by atoms with E-state index in [1.165, 1.54) is 0 Å². The lowest BCUT2D eigenvalue weighted by molar-refractivity contribution is -0.113. The van der Waals surface area contributed by atoms with Crippen molar-refractivity contribution in [2.24, 2.45) is 0 Å². The van der Waals surface area contributed by atoms with Crippen molar-refractivity contribution in [3.63, 3.8) is 0 Å². The van der Waals surface area contributed by atoms with Crippen LogP contribution in [0.3, 0.4) is 0 Å². The molecule has 34 heavy (non-hydrogen) atoms. The minimum absolute atomic E-state index is 0.0437. The predicted octanol–water partition coefficient (Wildman–Crippen LogP) is 4.69. The fourth-order valence-electron chi connectivity index (χ4n) is 2.81. The summed E-state index contributed by atoms with van der Waals surface area (Å²) in [6, 6.07) is 9.65. The van der Waals surface area contributed by atoms with Gasteiger partial charge in [0.05, 0.1) is 24.5 Å². The number of nitrogens with one attached hydrogen (secondary N) is 1. The topological polar surface area (TPSA) is 121 Å². The van der Waals surface area contributed by atoms with Crippen molar-refractivity contribution in [3.8, 4) is 0 Å². The summed E-state index contributed by atoms with van der Waals surface area (Å²) >= 11 is 2.02. The number of thioether (sulfide) groups is 1. The van der Waals surface area contributed by atoms with E-state index in [0.717, 1.165) is 28.7 Å². The van der Waals surface area contributed by atoms with Crippen LogP contribution in [-0.4, -0.2) is 47.0 Å². The number of aromatic nitrogens is 2. The van der Waals surface area contributed by atoms with E-state index in [-0.39, 0.29) is 39.6 Å². The summed E-state index contributed by atoms with van der Waals surface area (Å²) in [6.45, 7) is 5.32. The van der Waals surface area contributed by atoms with Gasteiger partial charge in [0.25, 0.3) is 5.22 Å². The summed E-state index contributed by atoms with van der Waals surface area (Å²) in [5.41, 5.74) is 1.52. The molecule has 1 aromatic carbocycles. The lowest BCUT2D eigenvalue weighted by Crippen LogP contribution is -2.16. The van der Waals surface area contributed by atoms with Gasteiger partial charge in [0.15, 0.2) is 0 Å². The average molecular weight is 502 g/mol. The van der Waals surface area contributed by atoms with Crippen LogP contribution in [0.15, 0.2) is 40.0 Å². The van der Waals surface area contributed by atoms with E-state index in [1.54, 1.807) is 26.8 Å². The first-order valence-corrected chi connectivity index (χ1v) is 12.2. The van der Waals surface area contributed by atoms with Crippen molar-refractivity contribution in [2.45, 2.75) is 26.0 Å². The zero-order valence-corrected chi connectivity index (χ0v) is 20.5. The maximum Gasteiger partial charge on any atom is 0.348 e. The monoisotopic (exact) mass is 501 g/mol. The van der Waals surface area contributed by atoms with Gasteiger partial charge in [-0.3, -0.25) is 4.79 Å². The largest absolute Gasteiger partial charge is 0.462 e. The quantitative estimate of drug-likeness (QED) is 0.311. The van der Waals surface area contributed by atoms with Gasteiger partial charge in [-0.1, -0.05) is 42.1 Å². The van der Waals surface area contributed by atoms with Gasteiger partial charge in [-0.05, 0) is 38.0 Å². The van der Waals surface area contributed by atoms with Gasteiger partial charge in [-0.2, -0.15) is 0 Å². The van der Waals surface area contributed by atoms with Crippen molar-refractivity contribution in [1.82, 2.24) is 10.2 Å². The second-order valence-corrected chi connectivity index (χ2v) is 8.64. The molecule has 2 aromatic heterocycles. The highest BCUT2D eigenvalue weighted by atomic mass is 32.2. The Hall–Kier alpha value is -3.44. The van der Waals surface area contributed by atoms with E-state index in [2.05, 4.69) is 15.5 Å². The first kappa shape index (κ1) is 25.2. The molecule has 0 saturated carbocycles. The van der Waals surface area contributed by atoms with Crippen LogP contribution in [-0.2, 0) is 14.3 Å². The molecular weight excluding hydrogens is 478 g/mol. The lowest BCUT2D eigenvalue weighted by atomic mass is 10.1. The zero-order chi connectivity index (χ0) is 24.5. The van der Waals surface area contributed by atoms with Crippen LogP contribution in [0.4, 0.5) is 5.00 Å². The minimum atomic E-state index is -0.624. The predicted molar refractivity (Wildman–Crippen MR) is 130 cm³/mol. The molecule has 0 bridgehead atoms. The number of nitrogens with zero attached hydrogens (tertiary/aromatic N) is 2. The number of amides is 1. The molecule has 2 heterocycles. The van der Waals surface area contributed by atoms with Crippen molar-refractivity contribution < 1.29 is 28.3 Å². The van der Waals surface area contributed by atoms with Crippen LogP contribution >= 0.6 is 23.1 Å². The number of thiophene rings is 1. The smallest absolute Gasteiger partial charge is 0.348 e. The van der Waals surface area contributed by atoms with E-state index in [1.807, 2.05) is 36.4 Å². The number of hydrogen-bond donors (Lipinski definition) is 1. The Bertz CT molecular complexity index is 1190. The number of anilines is 1. The van der Waals surface area contributed by atoms with Crippen molar-refractivity contribution in [2.75, 3.05) is 24.3 Å². The van der Waals surface area contributed by atoms with Gasteiger partial charge in [-0.15, -0.1) is 21.5 Å². The van der Waals surface area contributed by atoms with Crippen LogP contribution in [0.5, 0.6) is 0 Å². The summed E-state index contributed by atoms with van der Waals surface area (Å²) < 4.78 is 15.7. The van der Waals surface area contributed by atoms with Crippen molar-refractivity contribution >= 4 is 58.1 Å². The summed E-state index contributed by atoms with van der Waals surface area (Å²) in [4.78, 5) is 37.5. The van der Waals surface area contributed by atoms with E-state index in [9.17, 15) is 14.4 Å².